The summed E-state index contributed by atoms with van der Waals surface area (Å²) in [7, 11) is 1.31. The molecule has 1 fully saturated rings. The van der Waals surface area contributed by atoms with Crippen molar-refractivity contribution >= 4 is 17.7 Å². The lowest BCUT2D eigenvalue weighted by atomic mass is 9.83. The Kier molecular flexibility index (Phi) is 5.97. The molecule has 1 saturated carbocycles. The summed E-state index contributed by atoms with van der Waals surface area (Å²) >= 11 is 0. The molecule has 5 N–H and O–H groups in total. The highest BCUT2D eigenvalue weighted by atomic mass is 16.5. The van der Waals surface area contributed by atoms with Crippen molar-refractivity contribution in [2.24, 2.45) is 5.92 Å². The maximum Gasteiger partial charge on any atom is 0.278 e. The Morgan fingerprint density at radius 3 is 2.27 bits per heavy atom. The van der Waals surface area contributed by atoms with Gasteiger partial charge in [-0.25, -0.2) is 5.48 Å². The van der Waals surface area contributed by atoms with Crippen LogP contribution >= 0.6 is 0 Å². The van der Waals surface area contributed by atoms with Crippen LogP contribution in [0.25, 0.3) is 0 Å². The van der Waals surface area contributed by atoms with Gasteiger partial charge >= 0.3 is 0 Å². The minimum atomic E-state index is -1.97. The lowest BCUT2D eigenvalue weighted by Gasteiger charge is -2.26. The zero-order valence-corrected chi connectivity index (χ0v) is 14.5. The SMILES string of the molecule is CNC(=O)C(C)(NC(=O)c1ccc(C#CC2CC(O)C2)cc1)C(=O)NO. The highest BCUT2D eigenvalue weighted by Crippen LogP contribution is 2.26. The molecule has 0 spiro atoms. The summed E-state index contributed by atoms with van der Waals surface area (Å²) in [4.78, 5) is 36.1. The number of nitrogens with one attached hydrogen (secondary N) is 3. The second-order valence-electron chi connectivity index (χ2n) is 6.27. The quantitative estimate of drug-likeness (QED) is 0.215. The summed E-state index contributed by atoms with van der Waals surface area (Å²) in [6.45, 7) is 1.18. The van der Waals surface area contributed by atoms with Crippen molar-refractivity contribution in [3.05, 3.63) is 35.4 Å². The number of aliphatic hydroxyl groups is 1. The molecule has 1 aromatic carbocycles. The second-order valence-corrected chi connectivity index (χ2v) is 6.27. The Morgan fingerprint density at radius 1 is 1.15 bits per heavy atom. The van der Waals surface area contributed by atoms with Gasteiger partial charge in [0, 0.05) is 24.1 Å². The lowest BCUT2D eigenvalue weighted by molar-refractivity contribution is -0.143. The van der Waals surface area contributed by atoms with Crippen LogP contribution in [0.5, 0.6) is 0 Å². The Labute approximate surface area is 150 Å². The van der Waals surface area contributed by atoms with Gasteiger partial charge in [-0.15, -0.1) is 0 Å². The zero-order chi connectivity index (χ0) is 19.3. The molecule has 1 atom stereocenters. The molecule has 2 rings (SSSR count). The van der Waals surface area contributed by atoms with Crippen LogP contribution in [0.2, 0.25) is 0 Å². The Morgan fingerprint density at radius 2 is 1.77 bits per heavy atom. The van der Waals surface area contributed by atoms with Crippen LogP contribution in [0.3, 0.4) is 0 Å². The Hall–Kier alpha value is -2.89. The highest BCUT2D eigenvalue weighted by Gasteiger charge is 2.42. The van der Waals surface area contributed by atoms with Gasteiger partial charge in [-0.2, -0.15) is 0 Å². The monoisotopic (exact) mass is 359 g/mol. The molecule has 0 aliphatic heterocycles. The first-order chi connectivity index (χ1) is 12.3. The van der Waals surface area contributed by atoms with Crippen LogP contribution in [0, 0.1) is 17.8 Å². The summed E-state index contributed by atoms with van der Waals surface area (Å²) in [6, 6.07) is 6.35. The van der Waals surface area contributed by atoms with Crippen molar-refractivity contribution < 1.29 is 24.7 Å². The number of carbonyl (C=O) groups excluding carboxylic acids is 3. The van der Waals surface area contributed by atoms with Crippen molar-refractivity contribution in [1.82, 2.24) is 16.1 Å². The Bertz CT molecular complexity index is 741. The predicted octanol–water partition coefficient (Wildman–Crippen LogP) is -0.451. The number of carbonyl (C=O) groups is 3. The Balaban J connectivity index is 2.08. The van der Waals surface area contributed by atoms with E-state index >= 15 is 0 Å². The predicted molar refractivity (Wildman–Crippen MR) is 91.9 cm³/mol. The molecule has 138 valence electrons. The van der Waals surface area contributed by atoms with Crippen molar-refractivity contribution in [2.45, 2.75) is 31.4 Å². The van der Waals surface area contributed by atoms with Gasteiger partial charge in [-0.3, -0.25) is 19.6 Å². The third kappa shape index (κ3) is 4.20. The normalized spacial score (nSPS) is 20.5. The van der Waals surface area contributed by atoms with Crippen molar-refractivity contribution in [3.8, 4) is 11.8 Å². The maximum atomic E-state index is 12.4. The van der Waals surface area contributed by atoms with Crippen LogP contribution in [0.4, 0.5) is 0 Å². The van der Waals surface area contributed by atoms with Crippen molar-refractivity contribution in [2.75, 3.05) is 7.05 Å². The molecule has 8 nitrogen and oxygen atoms in total. The summed E-state index contributed by atoms with van der Waals surface area (Å²) < 4.78 is 0. The highest BCUT2D eigenvalue weighted by molar-refractivity contribution is 6.12. The van der Waals surface area contributed by atoms with E-state index in [0.29, 0.717) is 18.4 Å². The maximum absolute atomic E-state index is 12.4. The van der Waals surface area contributed by atoms with E-state index in [-0.39, 0.29) is 17.6 Å². The number of likely N-dealkylation sites (N-methyl/N-ethyl adjacent to an activating group) is 1. The van der Waals surface area contributed by atoms with Gasteiger partial charge in [-0.05, 0) is 44.0 Å². The third-order valence-corrected chi connectivity index (χ3v) is 4.28. The standard InChI is InChI=1S/C18H21N3O5/c1-18(16(24)19-2,17(25)21-26)20-15(23)13-7-5-11(6-8-13)3-4-12-9-14(22)10-12/h5-8,12,14,22,26H,9-10H2,1-2H3,(H,19,24)(H,20,23)(H,21,25). The number of benzene rings is 1. The fourth-order valence-electron chi connectivity index (χ4n) is 2.47. The second kappa shape index (κ2) is 7.99. The van der Waals surface area contributed by atoms with Crippen LogP contribution in [0.1, 0.15) is 35.7 Å². The summed E-state index contributed by atoms with van der Waals surface area (Å²) in [5.41, 5.74) is 0.354. The van der Waals surface area contributed by atoms with Crippen molar-refractivity contribution in [3.63, 3.8) is 0 Å². The molecule has 0 radical (unpaired) electrons. The molecule has 26 heavy (non-hydrogen) atoms. The van der Waals surface area contributed by atoms with Crippen molar-refractivity contribution in [1.29, 1.82) is 0 Å². The molecule has 0 saturated heterocycles. The zero-order valence-electron chi connectivity index (χ0n) is 14.5. The minimum Gasteiger partial charge on any atom is -0.393 e. The smallest absolute Gasteiger partial charge is 0.278 e. The molecule has 1 aromatic rings. The lowest BCUT2D eigenvalue weighted by Crippen LogP contribution is -2.64. The molecule has 3 amide bonds. The van der Waals surface area contributed by atoms with E-state index in [4.69, 9.17) is 5.21 Å². The first-order valence-electron chi connectivity index (χ1n) is 8.09. The number of aliphatic hydroxyl groups excluding tert-OH is 1. The van der Waals surface area contributed by atoms with E-state index in [9.17, 15) is 19.5 Å². The fourth-order valence-corrected chi connectivity index (χ4v) is 2.47. The van der Waals surface area contributed by atoms with Gasteiger partial charge in [0.25, 0.3) is 17.7 Å². The van der Waals surface area contributed by atoms with Crippen LogP contribution < -0.4 is 16.1 Å². The largest absolute Gasteiger partial charge is 0.393 e. The fraction of sp³-hybridized carbons (Fsp3) is 0.389. The first kappa shape index (κ1) is 19.4. The van der Waals surface area contributed by atoms with Gasteiger partial charge < -0.3 is 15.7 Å². The van der Waals surface area contributed by atoms with E-state index in [0.717, 1.165) is 0 Å². The number of hydroxylamine groups is 1. The number of hydrogen-bond acceptors (Lipinski definition) is 5. The van der Waals surface area contributed by atoms with E-state index < -0.39 is 23.3 Å². The molecule has 1 unspecified atom stereocenters. The summed E-state index contributed by atoms with van der Waals surface area (Å²) in [5.74, 6) is 3.74. The van der Waals surface area contributed by atoms with E-state index in [1.807, 2.05) is 0 Å². The van der Waals surface area contributed by atoms with Gasteiger partial charge in [0.15, 0.2) is 5.54 Å². The minimum absolute atomic E-state index is 0.193. The number of amides is 3. The molecule has 0 heterocycles. The topological polar surface area (TPSA) is 128 Å². The van der Waals surface area contributed by atoms with Crippen LogP contribution in [0.15, 0.2) is 24.3 Å². The van der Waals surface area contributed by atoms with Crippen LogP contribution in [-0.2, 0) is 9.59 Å². The molecule has 0 aromatic heterocycles. The van der Waals surface area contributed by atoms with Gasteiger partial charge in [0.05, 0.1) is 6.10 Å². The average Bonchev–Trinajstić information content (AvgIpc) is 2.62. The molecular weight excluding hydrogens is 338 g/mol. The molecule has 0 bridgehead atoms. The summed E-state index contributed by atoms with van der Waals surface area (Å²) in [6.07, 6.45) is 1.10. The number of hydrogen-bond donors (Lipinski definition) is 5. The van der Waals surface area contributed by atoms with Crippen LogP contribution in [-0.4, -0.2) is 46.7 Å². The summed E-state index contributed by atoms with van der Waals surface area (Å²) in [5, 5.41) is 22.6. The number of rotatable bonds is 4. The van der Waals surface area contributed by atoms with E-state index in [1.165, 1.54) is 31.6 Å². The average molecular weight is 359 g/mol. The third-order valence-electron chi connectivity index (χ3n) is 4.28. The van der Waals surface area contributed by atoms with E-state index in [2.05, 4.69) is 22.5 Å². The van der Waals surface area contributed by atoms with Gasteiger partial charge in [0.2, 0.25) is 0 Å². The first-order valence-corrected chi connectivity index (χ1v) is 8.09. The molecule has 1 aliphatic rings. The molecular formula is C18H21N3O5. The molecule has 1 aliphatic carbocycles. The van der Waals surface area contributed by atoms with E-state index in [1.54, 1.807) is 12.1 Å². The van der Waals surface area contributed by atoms with Gasteiger partial charge in [-0.1, -0.05) is 11.8 Å². The molecule has 8 heteroatoms. The van der Waals surface area contributed by atoms with Gasteiger partial charge in [0.1, 0.15) is 0 Å².